The molecule has 1 aromatic carbocycles. The molecule has 0 bridgehead atoms. The van der Waals surface area contributed by atoms with E-state index in [0.717, 1.165) is 18.6 Å². The highest BCUT2D eigenvalue weighted by atomic mass is 15.2. The molecule has 1 heterocycles. The van der Waals surface area contributed by atoms with Crippen LogP contribution in [0.4, 0.5) is 0 Å². The Bertz CT molecular complexity index is 416. The maximum absolute atomic E-state index is 3.85. The molecule has 0 radical (unpaired) electrons. The van der Waals surface area contributed by atoms with Crippen molar-refractivity contribution in [2.75, 3.05) is 19.6 Å². The first-order valence-corrected chi connectivity index (χ1v) is 8.76. The summed E-state index contributed by atoms with van der Waals surface area (Å²) in [5, 5.41) is 3.85. The van der Waals surface area contributed by atoms with Crippen molar-refractivity contribution in [2.24, 2.45) is 5.92 Å². The molecule has 2 aliphatic rings. The van der Waals surface area contributed by atoms with E-state index in [-0.39, 0.29) is 0 Å². The van der Waals surface area contributed by atoms with E-state index in [0.29, 0.717) is 11.8 Å². The molecule has 116 valence electrons. The highest BCUT2D eigenvalue weighted by Crippen LogP contribution is 2.29. The zero-order valence-corrected chi connectivity index (χ0v) is 13.6. The van der Waals surface area contributed by atoms with E-state index in [1.165, 1.54) is 44.3 Å². The van der Waals surface area contributed by atoms with Crippen LogP contribution in [-0.4, -0.2) is 36.6 Å². The van der Waals surface area contributed by atoms with Gasteiger partial charge in [0.15, 0.2) is 0 Å². The fourth-order valence-corrected chi connectivity index (χ4v) is 3.64. The zero-order chi connectivity index (χ0) is 14.7. The minimum absolute atomic E-state index is 0.632. The summed E-state index contributed by atoms with van der Waals surface area (Å²) in [5.74, 6) is 1.32. The van der Waals surface area contributed by atoms with Gasteiger partial charge in [0.25, 0.3) is 0 Å². The molecule has 1 unspecified atom stereocenters. The lowest BCUT2D eigenvalue weighted by atomic mass is 9.88. The fourth-order valence-electron chi connectivity index (χ4n) is 3.64. The fraction of sp³-hybridized carbons (Fsp3) is 0.684. The van der Waals surface area contributed by atoms with Crippen LogP contribution in [0.15, 0.2) is 30.3 Å². The molecule has 0 aromatic heterocycles. The lowest BCUT2D eigenvalue weighted by Crippen LogP contribution is -2.44. The number of hydrogen-bond donors (Lipinski definition) is 1. The lowest BCUT2D eigenvalue weighted by Gasteiger charge is -2.34. The van der Waals surface area contributed by atoms with Crippen LogP contribution in [0.3, 0.4) is 0 Å². The monoisotopic (exact) mass is 286 g/mol. The van der Waals surface area contributed by atoms with Crippen molar-refractivity contribution in [3.05, 3.63) is 35.9 Å². The summed E-state index contributed by atoms with van der Waals surface area (Å²) in [6, 6.07) is 12.7. The Labute approximate surface area is 129 Å². The minimum Gasteiger partial charge on any atom is -0.313 e. The van der Waals surface area contributed by atoms with Gasteiger partial charge in [0, 0.05) is 18.6 Å². The number of rotatable bonds is 6. The smallest absolute Gasteiger partial charge is 0.00964 e. The average molecular weight is 286 g/mol. The van der Waals surface area contributed by atoms with Gasteiger partial charge in [-0.05, 0) is 56.2 Å². The first-order valence-electron chi connectivity index (χ1n) is 8.76. The summed E-state index contributed by atoms with van der Waals surface area (Å²) in [7, 11) is 0. The summed E-state index contributed by atoms with van der Waals surface area (Å²) in [5.41, 5.74) is 1.48. The number of hydrogen-bond acceptors (Lipinski definition) is 2. The molecule has 2 fully saturated rings. The Morgan fingerprint density at radius 3 is 2.29 bits per heavy atom. The molecule has 2 nitrogen and oxygen atoms in total. The van der Waals surface area contributed by atoms with Crippen LogP contribution in [0.1, 0.15) is 51.0 Å². The van der Waals surface area contributed by atoms with Crippen LogP contribution in [0, 0.1) is 5.92 Å². The van der Waals surface area contributed by atoms with Gasteiger partial charge in [-0.25, -0.2) is 0 Å². The van der Waals surface area contributed by atoms with Gasteiger partial charge in [-0.3, -0.25) is 0 Å². The molecule has 1 atom stereocenters. The van der Waals surface area contributed by atoms with Crippen LogP contribution in [0.2, 0.25) is 0 Å². The maximum atomic E-state index is 3.85. The second-order valence-corrected chi connectivity index (χ2v) is 7.21. The van der Waals surface area contributed by atoms with Crippen molar-refractivity contribution >= 4 is 0 Å². The van der Waals surface area contributed by atoms with E-state index in [1.807, 2.05) is 0 Å². The first-order chi connectivity index (χ1) is 10.2. The molecule has 0 spiro atoms. The highest BCUT2D eigenvalue weighted by molar-refractivity contribution is 5.20. The summed E-state index contributed by atoms with van der Waals surface area (Å²) >= 11 is 0. The highest BCUT2D eigenvalue weighted by Gasteiger charge is 2.31. The summed E-state index contributed by atoms with van der Waals surface area (Å²) in [6.07, 6.45) is 5.55. The zero-order valence-electron chi connectivity index (χ0n) is 13.6. The molecule has 1 aliphatic heterocycles. The van der Waals surface area contributed by atoms with Gasteiger partial charge < -0.3 is 10.2 Å². The maximum Gasteiger partial charge on any atom is 0.00964 e. The van der Waals surface area contributed by atoms with Crippen molar-refractivity contribution in [1.29, 1.82) is 0 Å². The van der Waals surface area contributed by atoms with E-state index in [9.17, 15) is 0 Å². The topological polar surface area (TPSA) is 15.3 Å². The summed E-state index contributed by atoms with van der Waals surface area (Å²) in [4.78, 5) is 2.70. The van der Waals surface area contributed by atoms with E-state index in [4.69, 9.17) is 0 Å². The first kappa shape index (κ1) is 15.1. The van der Waals surface area contributed by atoms with Crippen molar-refractivity contribution in [3.8, 4) is 0 Å². The number of nitrogens with one attached hydrogen (secondary N) is 1. The number of benzene rings is 1. The quantitative estimate of drug-likeness (QED) is 0.859. The third kappa shape index (κ3) is 4.08. The minimum atomic E-state index is 0.632. The molecular formula is C19H30N2. The Kier molecular flexibility index (Phi) is 4.97. The normalized spacial score (nSPS) is 22.6. The third-order valence-electron chi connectivity index (χ3n) is 5.25. The molecule has 21 heavy (non-hydrogen) atoms. The van der Waals surface area contributed by atoms with Crippen LogP contribution in [0.25, 0.3) is 0 Å². The lowest BCUT2D eigenvalue weighted by molar-refractivity contribution is 0.187. The van der Waals surface area contributed by atoms with Gasteiger partial charge in [0.2, 0.25) is 0 Å². The average Bonchev–Trinajstić information content (AvgIpc) is 3.34. The standard InChI is InChI=1S/C19H30N2/c1-15(2)19(16-6-4-3-5-7-16)14-20-17-10-12-21(13-11-17)18-8-9-18/h3-7,15,17-20H,8-14H2,1-2H3. The second-order valence-electron chi connectivity index (χ2n) is 7.21. The Hall–Kier alpha value is -0.860. The predicted octanol–water partition coefficient (Wildman–Crippen LogP) is 3.64. The molecule has 2 heteroatoms. The van der Waals surface area contributed by atoms with Crippen LogP contribution in [-0.2, 0) is 0 Å². The molecule has 3 rings (SSSR count). The van der Waals surface area contributed by atoms with Crippen LogP contribution >= 0.6 is 0 Å². The van der Waals surface area contributed by atoms with Crippen molar-refractivity contribution < 1.29 is 0 Å². The second kappa shape index (κ2) is 6.93. The van der Waals surface area contributed by atoms with Crippen molar-refractivity contribution in [2.45, 2.75) is 57.5 Å². The van der Waals surface area contributed by atoms with Crippen molar-refractivity contribution in [3.63, 3.8) is 0 Å². The number of likely N-dealkylation sites (tertiary alicyclic amines) is 1. The van der Waals surface area contributed by atoms with Gasteiger partial charge >= 0.3 is 0 Å². The van der Waals surface area contributed by atoms with E-state index in [1.54, 1.807) is 0 Å². The van der Waals surface area contributed by atoms with Gasteiger partial charge in [-0.2, -0.15) is 0 Å². The van der Waals surface area contributed by atoms with Crippen LogP contribution in [0.5, 0.6) is 0 Å². The number of nitrogens with zero attached hydrogens (tertiary/aromatic N) is 1. The SMILES string of the molecule is CC(C)C(CNC1CCN(C2CC2)CC1)c1ccccc1. The molecular weight excluding hydrogens is 256 g/mol. The van der Waals surface area contributed by atoms with Crippen LogP contribution < -0.4 is 5.32 Å². The third-order valence-corrected chi connectivity index (χ3v) is 5.25. The molecule has 1 saturated heterocycles. The Morgan fingerprint density at radius 1 is 1.05 bits per heavy atom. The molecule has 0 amide bonds. The Balaban J connectivity index is 1.48. The molecule has 1 aromatic rings. The van der Waals surface area contributed by atoms with Gasteiger partial charge in [0.1, 0.15) is 0 Å². The summed E-state index contributed by atoms with van der Waals surface area (Å²) in [6.45, 7) is 8.42. The molecule has 1 saturated carbocycles. The Morgan fingerprint density at radius 2 is 1.71 bits per heavy atom. The molecule has 1 aliphatic carbocycles. The predicted molar refractivity (Wildman–Crippen MR) is 89.6 cm³/mol. The van der Waals surface area contributed by atoms with E-state index >= 15 is 0 Å². The molecule has 1 N–H and O–H groups in total. The van der Waals surface area contributed by atoms with E-state index < -0.39 is 0 Å². The van der Waals surface area contributed by atoms with Gasteiger partial charge in [0.05, 0.1) is 0 Å². The van der Waals surface area contributed by atoms with Gasteiger partial charge in [-0.15, -0.1) is 0 Å². The number of piperidine rings is 1. The van der Waals surface area contributed by atoms with E-state index in [2.05, 4.69) is 54.4 Å². The summed E-state index contributed by atoms with van der Waals surface area (Å²) < 4.78 is 0. The van der Waals surface area contributed by atoms with Crippen molar-refractivity contribution in [1.82, 2.24) is 10.2 Å². The largest absolute Gasteiger partial charge is 0.313 e. The van der Waals surface area contributed by atoms with Gasteiger partial charge in [-0.1, -0.05) is 44.2 Å².